The summed E-state index contributed by atoms with van der Waals surface area (Å²) in [5, 5.41) is 3.28. The SMILES string of the molecule is COc1ccc2cc1OCCCCN(CC(C)C)CC(=O)NC[C@H]1C[C@H]2N2CCC[C@@H]12. The molecule has 0 unspecified atom stereocenters. The molecule has 3 heterocycles. The molecule has 0 aliphatic carbocycles. The molecule has 6 heteroatoms. The molecule has 0 radical (unpaired) electrons. The molecule has 3 aliphatic heterocycles. The Bertz CT molecular complexity index is 754. The van der Waals surface area contributed by atoms with E-state index in [-0.39, 0.29) is 5.91 Å². The van der Waals surface area contributed by atoms with Crippen molar-refractivity contribution in [1.29, 1.82) is 0 Å². The summed E-state index contributed by atoms with van der Waals surface area (Å²) in [5.41, 5.74) is 1.31. The number of ether oxygens (including phenoxy) is 2. The van der Waals surface area contributed by atoms with Crippen molar-refractivity contribution in [3.05, 3.63) is 23.8 Å². The van der Waals surface area contributed by atoms with Crippen LogP contribution in [0.5, 0.6) is 11.5 Å². The van der Waals surface area contributed by atoms with Crippen molar-refractivity contribution >= 4 is 5.91 Å². The molecule has 4 rings (SSSR count). The summed E-state index contributed by atoms with van der Waals surface area (Å²) in [6, 6.07) is 7.40. The van der Waals surface area contributed by atoms with E-state index in [0.717, 1.165) is 56.9 Å². The molecule has 1 aromatic rings. The molecule has 6 nitrogen and oxygen atoms in total. The van der Waals surface area contributed by atoms with Crippen LogP contribution in [0.4, 0.5) is 0 Å². The van der Waals surface area contributed by atoms with Crippen LogP contribution >= 0.6 is 0 Å². The highest BCUT2D eigenvalue weighted by atomic mass is 16.5. The van der Waals surface area contributed by atoms with Crippen molar-refractivity contribution in [3.63, 3.8) is 0 Å². The smallest absolute Gasteiger partial charge is 0.234 e. The van der Waals surface area contributed by atoms with Gasteiger partial charge in [-0.3, -0.25) is 14.6 Å². The maximum absolute atomic E-state index is 12.7. The van der Waals surface area contributed by atoms with Crippen LogP contribution in [0.15, 0.2) is 18.2 Å². The Kier molecular flexibility index (Phi) is 7.39. The average Bonchev–Trinajstić information content (AvgIpc) is 3.34. The Morgan fingerprint density at radius 2 is 2.10 bits per heavy atom. The molecule has 2 fully saturated rings. The molecule has 1 aromatic carbocycles. The van der Waals surface area contributed by atoms with E-state index in [2.05, 4.69) is 47.2 Å². The van der Waals surface area contributed by atoms with Crippen LogP contribution in [0.3, 0.4) is 0 Å². The highest BCUT2D eigenvalue weighted by Gasteiger charge is 2.44. The van der Waals surface area contributed by atoms with Gasteiger partial charge >= 0.3 is 0 Å². The zero-order chi connectivity index (χ0) is 21.8. The van der Waals surface area contributed by atoms with Gasteiger partial charge in [-0.25, -0.2) is 0 Å². The summed E-state index contributed by atoms with van der Waals surface area (Å²) in [4.78, 5) is 17.7. The zero-order valence-corrected chi connectivity index (χ0v) is 19.4. The van der Waals surface area contributed by atoms with Gasteiger partial charge in [-0.05, 0) is 74.7 Å². The largest absolute Gasteiger partial charge is 0.493 e. The Labute approximate surface area is 187 Å². The van der Waals surface area contributed by atoms with Gasteiger partial charge in [-0.2, -0.15) is 0 Å². The Hall–Kier alpha value is -1.79. The first-order chi connectivity index (χ1) is 15.0. The van der Waals surface area contributed by atoms with Gasteiger partial charge in [0, 0.05) is 25.2 Å². The molecule has 3 aliphatic rings. The van der Waals surface area contributed by atoms with Gasteiger partial charge in [0.05, 0.1) is 20.3 Å². The van der Waals surface area contributed by atoms with E-state index < -0.39 is 0 Å². The number of carbonyl (C=O) groups excluding carboxylic acids is 1. The number of nitrogens with one attached hydrogen (secondary N) is 1. The van der Waals surface area contributed by atoms with E-state index in [1.54, 1.807) is 7.11 Å². The van der Waals surface area contributed by atoms with Gasteiger partial charge in [-0.1, -0.05) is 19.9 Å². The summed E-state index contributed by atoms with van der Waals surface area (Å²) in [5.74, 6) is 2.90. The Morgan fingerprint density at radius 1 is 1.23 bits per heavy atom. The number of hydrogen-bond acceptors (Lipinski definition) is 5. The molecule has 0 aromatic heterocycles. The molecule has 4 bridgehead atoms. The van der Waals surface area contributed by atoms with Crippen LogP contribution in [0.2, 0.25) is 0 Å². The number of benzene rings is 1. The van der Waals surface area contributed by atoms with Gasteiger partial charge in [0.15, 0.2) is 11.5 Å². The molecule has 1 amide bonds. The normalized spacial score (nSPS) is 28.3. The third-order valence-electron chi connectivity index (χ3n) is 7.06. The summed E-state index contributed by atoms with van der Waals surface area (Å²) in [6.07, 6.45) is 5.54. The first-order valence-electron chi connectivity index (χ1n) is 12.1. The van der Waals surface area contributed by atoms with E-state index in [9.17, 15) is 4.79 Å². The molecule has 1 N–H and O–H groups in total. The number of fused-ring (bicyclic) bond motifs is 8. The maximum Gasteiger partial charge on any atom is 0.234 e. The van der Waals surface area contributed by atoms with E-state index >= 15 is 0 Å². The van der Waals surface area contributed by atoms with Gasteiger partial charge in [0.1, 0.15) is 0 Å². The lowest BCUT2D eigenvalue weighted by atomic mass is 9.94. The van der Waals surface area contributed by atoms with Crippen molar-refractivity contribution in [2.45, 2.75) is 58.0 Å². The molecule has 172 valence electrons. The van der Waals surface area contributed by atoms with Crippen molar-refractivity contribution in [2.75, 3.05) is 46.4 Å². The molecule has 0 spiro atoms. The predicted octanol–water partition coefficient (Wildman–Crippen LogP) is 3.47. The number of hydrogen-bond donors (Lipinski definition) is 1. The lowest BCUT2D eigenvalue weighted by molar-refractivity contribution is -0.122. The minimum absolute atomic E-state index is 0.170. The summed E-state index contributed by atoms with van der Waals surface area (Å²) >= 11 is 0. The predicted molar refractivity (Wildman–Crippen MR) is 123 cm³/mol. The maximum atomic E-state index is 12.7. The standard InChI is InChI=1S/C25H39N3O3/c1-18(2)16-27-10-4-5-12-31-24-14-19(8-9-23(24)30-3)22-13-20(15-26-25(29)17-27)21-7-6-11-28(21)22/h8-9,14,18,20-22H,4-7,10-13,15-17H2,1-3H3,(H,26,29)/t20-,21+,22-/m1/s1. The molecule has 31 heavy (non-hydrogen) atoms. The lowest BCUT2D eigenvalue weighted by Crippen LogP contribution is -2.42. The summed E-state index contributed by atoms with van der Waals surface area (Å²) < 4.78 is 11.8. The van der Waals surface area contributed by atoms with Crippen molar-refractivity contribution in [1.82, 2.24) is 15.1 Å². The first-order valence-corrected chi connectivity index (χ1v) is 12.1. The minimum Gasteiger partial charge on any atom is -0.493 e. The van der Waals surface area contributed by atoms with E-state index in [1.165, 1.54) is 18.4 Å². The quantitative estimate of drug-likeness (QED) is 0.797. The zero-order valence-electron chi connectivity index (χ0n) is 19.4. The van der Waals surface area contributed by atoms with Crippen LogP contribution in [0.25, 0.3) is 0 Å². The minimum atomic E-state index is 0.170. The third-order valence-corrected chi connectivity index (χ3v) is 7.06. The number of rotatable bonds is 3. The van der Waals surface area contributed by atoms with Crippen molar-refractivity contribution < 1.29 is 14.3 Å². The van der Waals surface area contributed by atoms with Crippen LogP contribution in [-0.2, 0) is 4.79 Å². The average molecular weight is 430 g/mol. The Morgan fingerprint density at radius 3 is 2.90 bits per heavy atom. The van der Waals surface area contributed by atoms with Gasteiger partial charge < -0.3 is 14.8 Å². The highest BCUT2D eigenvalue weighted by Crippen LogP contribution is 2.46. The fourth-order valence-electron chi connectivity index (χ4n) is 5.72. The van der Waals surface area contributed by atoms with Crippen LogP contribution in [-0.4, -0.2) is 68.2 Å². The van der Waals surface area contributed by atoms with Gasteiger partial charge in [-0.15, -0.1) is 0 Å². The van der Waals surface area contributed by atoms with E-state index in [0.29, 0.717) is 37.1 Å². The van der Waals surface area contributed by atoms with Gasteiger partial charge in [0.25, 0.3) is 0 Å². The molecule has 3 atom stereocenters. The fourth-order valence-corrected chi connectivity index (χ4v) is 5.72. The number of carbonyl (C=O) groups is 1. The second-order valence-corrected chi connectivity index (χ2v) is 9.86. The number of amides is 1. The van der Waals surface area contributed by atoms with E-state index in [1.807, 2.05) is 0 Å². The van der Waals surface area contributed by atoms with Crippen LogP contribution < -0.4 is 14.8 Å². The molecule has 0 saturated carbocycles. The highest BCUT2D eigenvalue weighted by molar-refractivity contribution is 5.78. The summed E-state index contributed by atoms with van der Waals surface area (Å²) in [6.45, 7) is 9.40. The third kappa shape index (κ3) is 5.35. The van der Waals surface area contributed by atoms with E-state index in [4.69, 9.17) is 9.47 Å². The molecular weight excluding hydrogens is 390 g/mol. The van der Waals surface area contributed by atoms with Crippen LogP contribution in [0.1, 0.15) is 57.6 Å². The summed E-state index contributed by atoms with van der Waals surface area (Å²) in [7, 11) is 1.71. The second-order valence-electron chi connectivity index (χ2n) is 9.86. The van der Waals surface area contributed by atoms with Crippen molar-refractivity contribution in [3.8, 4) is 11.5 Å². The molecule has 2 saturated heterocycles. The second kappa shape index (κ2) is 10.2. The first kappa shape index (κ1) is 22.4. The number of methoxy groups -OCH3 is 1. The Balaban J connectivity index is 1.56. The van der Waals surface area contributed by atoms with Crippen molar-refractivity contribution in [2.24, 2.45) is 11.8 Å². The van der Waals surface area contributed by atoms with Crippen LogP contribution in [0, 0.1) is 11.8 Å². The molecular formula is C25H39N3O3. The van der Waals surface area contributed by atoms with Gasteiger partial charge in [0.2, 0.25) is 5.91 Å². The monoisotopic (exact) mass is 429 g/mol. The fraction of sp³-hybridized carbons (Fsp3) is 0.720. The topological polar surface area (TPSA) is 54.0 Å². The number of nitrogens with zero attached hydrogens (tertiary/aromatic N) is 2. The lowest BCUT2D eigenvalue weighted by Gasteiger charge is -2.25.